The predicted octanol–water partition coefficient (Wildman–Crippen LogP) is 13.9. The molecule has 8 aromatic rings. The van der Waals surface area contributed by atoms with E-state index >= 15 is 0 Å². The van der Waals surface area contributed by atoms with Crippen molar-refractivity contribution in [3.8, 4) is 33.4 Å². The number of rotatable bonds is 2. The Morgan fingerprint density at radius 2 is 1.22 bits per heavy atom. The standard InChI is InChI=1S/C49H36S/c1-49(2)42-24-22-31-26-41-34-13-9-10-18-44(34)50-45(41)28-40(31)48(42)39-23-21-33(27-43(39)49)47-37-16-7-5-14-35(37)46(36-15-6-8-17-38(36)47)32-20-19-29-11-3-4-12-30(29)25-32/h3,5-9,11,13-17,19-28H,4,10,12,18H2,1-2H3. The van der Waals surface area contributed by atoms with Gasteiger partial charge in [-0.3, -0.25) is 0 Å². The summed E-state index contributed by atoms with van der Waals surface area (Å²) in [5.41, 5.74) is 15.1. The summed E-state index contributed by atoms with van der Waals surface area (Å²) < 4.78 is 1.42. The van der Waals surface area contributed by atoms with Crippen molar-refractivity contribution in [1.82, 2.24) is 0 Å². The van der Waals surface area contributed by atoms with Gasteiger partial charge in [0, 0.05) is 20.4 Å². The molecule has 0 unspecified atom stereocenters. The molecule has 1 heterocycles. The number of benzene rings is 7. The molecule has 238 valence electrons. The highest BCUT2D eigenvalue weighted by atomic mass is 32.1. The summed E-state index contributed by atoms with van der Waals surface area (Å²) in [6.07, 6.45) is 13.8. The third-order valence-electron chi connectivity index (χ3n) is 11.9. The summed E-state index contributed by atoms with van der Waals surface area (Å²) in [6.45, 7) is 4.84. The first-order chi connectivity index (χ1) is 24.5. The Kier molecular flexibility index (Phi) is 5.94. The summed E-state index contributed by atoms with van der Waals surface area (Å²) in [7, 11) is 0. The lowest BCUT2D eigenvalue weighted by molar-refractivity contribution is 0.661. The van der Waals surface area contributed by atoms with Crippen molar-refractivity contribution in [2.75, 3.05) is 0 Å². The predicted molar refractivity (Wildman–Crippen MR) is 217 cm³/mol. The van der Waals surface area contributed by atoms with Crippen LogP contribution in [0.15, 0.2) is 121 Å². The van der Waals surface area contributed by atoms with E-state index in [1.165, 1.54) is 108 Å². The molecule has 0 saturated heterocycles. The molecule has 0 spiro atoms. The average Bonchev–Trinajstić information content (AvgIpc) is 3.63. The monoisotopic (exact) mass is 656 g/mol. The van der Waals surface area contributed by atoms with E-state index in [0.29, 0.717) is 0 Å². The van der Waals surface area contributed by atoms with Crippen LogP contribution >= 0.6 is 11.3 Å². The second-order valence-electron chi connectivity index (χ2n) is 15.0. The van der Waals surface area contributed by atoms with E-state index in [1.807, 2.05) is 11.3 Å². The summed E-state index contributed by atoms with van der Waals surface area (Å²) in [5.74, 6) is 0. The van der Waals surface area contributed by atoms with Gasteiger partial charge in [0.15, 0.2) is 0 Å². The molecule has 3 aliphatic rings. The molecule has 0 fully saturated rings. The maximum Gasteiger partial charge on any atom is 0.0358 e. The number of hydrogen-bond acceptors (Lipinski definition) is 1. The molecule has 0 aliphatic heterocycles. The molecule has 11 rings (SSSR count). The first kappa shape index (κ1) is 28.6. The molecule has 0 saturated carbocycles. The minimum absolute atomic E-state index is 0.107. The Hall–Kier alpha value is -5.24. The molecular formula is C49H36S. The largest absolute Gasteiger partial charge is 0.140 e. The molecule has 0 bridgehead atoms. The zero-order valence-electron chi connectivity index (χ0n) is 28.4. The molecule has 0 amide bonds. The van der Waals surface area contributed by atoms with Gasteiger partial charge in [0.25, 0.3) is 0 Å². The summed E-state index contributed by atoms with van der Waals surface area (Å²) in [5, 5.41) is 9.41. The third kappa shape index (κ3) is 3.93. The van der Waals surface area contributed by atoms with E-state index in [1.54, 1.807) is 0 Å². The quantitative estimate of drug-likeness (QED) is 0.162. The lowest BCUT2D eigenvalue weighted by atomic mass is 9.80. The van der Waals surface area contributed by atoms with Crippen LogP contribution in [-0.2, 0) is 18.3 Å². The van der Waals surface area contributed by atoms with Gasteiger partial charge in [0.05, 0.1) is 0 Å². The number of allylic oxidation sites excluding steroid dienone is 2. The molecule has 0 atom stereocenters. The number of hydrogen-bond donors (Lipinski definition) is 0. The molecule has 7 aromatic carbocycles. The minimum Gasteiger partial charge on any atom is -0.140 e. The lowest BCUT2D eigenvalue weighted by Gasteiger charge is -2.23. The van der Waals surface area contributed by atoms with Gasteiger partial charge in [-0.25, -0.2) is 0 Å². The fraction of sp³-hybridized carbons (Fsp3) is 0.143. The van der Waals surface area contributed by atoms with Crippen LogP contribution in [0.2, 0.25) is 0 Å². The summed E-state index contributed by atoms with van der Waals surface area (Å²) in [6, 6.07) is 42.3. The molecule has 0 radical (unpaired) electrons. The van der Waals surface area contributed by atoms with Gasteiger partial charge in [-0.05, 0) is 137 Å². The van der Waals surface area contributed by atoms with Crippen molar-refractivity contribution in [1.29, 1.82) is 0 Å². The van der Waals surface area contributed by atoms with Gasteiger partial charge in [-0.1, -0.05) is 129 Å². The second kappa shape index (κ2) is 10.4. The van der Waals surface area contributed by atoms with Crippen LogP contribution in [0.1, 0.15) is 59.4 Å². The van der Waals surface area contributed by atoms with Crippen molar-refractivity contribution in [3.05, 3.63) is 154 Å². The zero-order chi connectivity index (χ0) is 33.1. The van der Waals surface area contributed by atoms with Crippen molar-refractivity contribution in [2.24, 2.45) is 0 Å². The first-order valence-electron chi connectivity index (χ1n) is 18.1. The van der Waals surface area contributed by atoms with Gasteiger partial charge in [-0.15, -0.1) is 11.3 Å². The van der Waals surface area contributed by atoms with Crippen molar-refractivity contribution in [3.63, 3.8) is 0 Å². The maximum atomic E-state index is 2.52. The topological polar surface area (TPSA) is 0 Å². The van der Waals surface area contributed by atoms with E-state index in [4.69, 9.17) is 0 Å². The van der Waals surface area contributed by atoms with E-state index in [9.17, 15) is 0 Å². The van der Waals surface area contributed by atoms with E-state index in [0.717, 1.165) is 25.7 Å². The summed E-state index contributed by atoms with van der Waals surface area (Å²) >= 11 is 1.99. The zero-order valence-corrected chi connectivity index (χ0v) is 29.3. The highest BCUT2D eigenvalue weighted by Gasteiger charge is 2.37. The average molecular weight is 657 g/mol. The van der Waals surface area contributed by atoms with Gasteiger partial charge in [0.2, 0.25) is 0 Å². The Morgan fingerprint density at radius 1 is 0.540 bits per heavy atom. The maximum absolute atomic E-state index is 2.52. The van der Waals surface area contributed by atoms with Crippen molar-refractivity contribution >= 4 is 65.9 Å². The normalized spacial score (nSPS) is 15.5. The first-order valence-corrected chi connectivity index (χ1v) is 18.9. The van der Waals surface area contributed by atoms with Crippen molar-refractivity contribution < 1.29 is 0 Å². The van der Waals surface area contributed by atoms with Crippen LogP contribution < -0.4 is 0 Å². The van der Waals surface area contributed by atoms with Crippen LogP contribution in [0, 0.1) is 0 Å². The molecule has 50 heavy (non-hydrogen) atoms. The van der Waals surface area contributed by atoms with Gasteiger partial charge in [0.1, 0.15) is 0 Å². The molecule has 0 nitrogen and oxygen atoms in total. The van der Waals surface area contributed by atoms with Crippen molar-refractivity contribution in [2.45, 2.75) is 44.9 Å². The highest BCUT2D eigenvalue weighted by Crippen LogP contribution is 2.54. The SMILES string of the molecule is CC1(C)c2cc(-c3c4ccccc4c(-c4ccc5c(c4)CCC=C5)c4ccccc34)ccc2-c2c1ccc1cc3c4c(sc3cc21)CCC=C4. The number of aryl methyl sites for hydroxylation is 2. The molecule has 0 N–H and O–H groups in total. The molecule has 1 aromatic heterocycles. The van der Waals surface area contributed by atoms with E-state index in [-0.39, 0.29) is 5.41 Å². The van der Waals surface area contributed by atoms with Crippen LogP contribution in [0.4, 0.5) is 0 Å². The minimum atomic E-state index is -0.107. The fourth-order valence-electron chi connectivity index (χ4n) is 9.50. The van der Waals surface area contributed by atoms with Crippen LogP contribution in [0.5, 0.6) is 0 Å². The van der Waals surface area contributed by atoms with Crippen LogP contribution in [-0.4, -0.2) is 0 Å². The van der Waals surface area contributed by atoms with Gasteiger partial charge >= 0.3 is 0 Å². The molecular weight excluding hydrogens is 621 g/mol. The molecule has 3 aliphatic carbocycles. The Labute approximate surface area is 297 Å². The van der Waals surface area contributed by atoms with Gasteiger partial charge in [-0.2, -0.15) is 0 Å². The Morgan fingerprint density at radius 3 is 1.98 bits per heavy atom. The molecule has 1 heteroatoms. The highest BCUT2D eigenvalue weighted by molar-refractivity contribution is 7.19. The third-order valence-corrected chi connectivity index (χ3v) is 13.2. The van der Waals surface area contributed by atoms with E-state index < -0.39 is 0 Å². The summed E-state index contributed by atoms with van der Waals surface area (Å²) in [4.78, 5) is 1.54. The van der Waals surface area contributed by atoms with Crippen LogP contribution in [0.25, 0.3) is 87.9 Å². The Bertz CT molecular complexity index is 2780. The van der Waals surface area contributed by atoms with Crippen LogP contribution in [0.3, 0.4) is 0 Å². The number of fused-ring (bicyclic) bond motifs is 11. The van der Waals surface area contributed by atoms with Gasteiger partial charge < -0.3 is 0 Å². The lowest BCUT2D eigenvalue weighted by Crippen LogP contribution is -2.15. The second-order valence-corrected chi connectivity index (χ2v) is 16.2. The van der Waals surface area contributed by atoms with E-state index in [2.05, 4.69) is 147 Å². The fourth-order valence-corrected chi connectivity index (χ4v) is 10.7. The smallest absolute Gasteiger partial charge is 0.0358 e. The Balaban J connectivity index is 1.14. The number of thiophene rings is 1.